The molecule has 0 spiro atoms. The van der Waals surface area contributed by atoms with Gasteiger partial charge in [0.1, 0.15) is 0 Å². The Morgan fingerprint density at radius 2 is 1.86 bits per heavy atom. The van der Waals surface area contributed by atoms with Gasteiger partial charge in [-0.1, -0.05) is 71.4 Å². The molecule has 0 amide bonds. The van der Waals surface area contributed by atoms with E-state index in [0.717, 1.165) is 54.8 Å². The third-order valence-corrected chi connectivity index (χ3v) is 7.04. The summed E-state index contributed by atoms with van der Waals surface area (Å²) in [5.41, 5.74) is 3.60. The van der Waals surface area contributed by atoms with Crippen LogP contribution in [0.2, 0.25) is 10.0 Å². The Morgan fingerprint density at radius 3 is 2.66 bits per heavy atom. The van der Waals surface area contributed by atoms with Gasteiger partial charge in [0.15, 0.2) is 11.0 Å². The van der Waals surface area contributed by atoms with Crippen LogP contribution in [0.25, 0.3) is 11.4 Å². The maximum atomic E-state index is 6.41. The number of fused-ring (bicyclic) bond motifs is 1. The van der Waals surface area contributed by atoms with Crippen molar-refractivity contribution in [3.63, 3.8) is 0 Å². The molecule has 4 nitrogen and oxygen atoms in total. The Bertz CT molecular complexity index is 962. The van der Waals surface area contributed by atoms with Gasteiger partial charge in [-0.2, -0.15) is 0 Å². The first-order valence-electron chi connectivity index (χ1n) is 9.39. The first-order valence-corrected chi connectivity index (χ1v) is 11.1. The Morgan fingerprint density at radius 1 is 1.07 bits per heavy atom. The van der Waals surface area contributed by atoms with E-state index in [0.29, 0.717) is 10.0 Å². The highest BCUT2D eigenvalue weighted by atomic mass is 35.5. The third kappa shape index (κ3) is 5.09. The number of rotatable bonds is 6. The van der Waals surface area contributed by atoms with Crippen molar-refractivity contribution in [3.05, 3.63) is 63.6 Å². The normalized spacial score (nSPS) is 13.8. The summed E-state index contributed by atoms with van der Waals surface area (Å²) in [7, 11) is 2.03. The summed E-state index contributed by atoms with van der Waals surface area (Å²) in [6.07, 6.45) is 2.12. The van der Waals surface area contributed by atoms with Crippen molar-refractivity contribution in [2.45, 2.75) is 24.5 Å². The molecule has 29 heavy (non-hydrogen) atoms. The van der Waals surface area contributed by atoms with Crippen LogP contribution in [0.1, 0.15) is 17.5 Å². The molecule has 1 aliphatic rings. The fourth-order valence-corrected chi connectivity index (χ4v) is 4.80. The fraction of sp³-hybridized carbons (Fsp3) is 0.333. The lowest BCUT2D eigenvalue weighted by molar-refractivity contribution is 0.255. The number of hydrogen-bond acceptors (Lipinski definition) is 4. The van der Waals surface area contributed by atoms with Gasteiger partial charge in [-0.3, -0.25) is 4.90 Å². The first kappa shape index (κ1) is 22.4. The Kier molecular flexibility index (Phi) is 7.88. The molecule has 0 atom stereocenters. The van der Waals surface area contributed by atoms with Gasteiger partial charge in [0.25, 0.3) is 0 Å². The largest absolute Gasteiger partial charge is 0.305 e. The topological polar surface area (TPSA) is 34.0 Å². The summed E-state index contributed by atoms with van der Waals surface area (Å²) >= 11 is 14.3. The van der Waals surface area contributed by atoms with Crippen molar-refractivity contribution in [1.29, 1.82) is 0 Å². The van der Waals surface area contributed by atoms with Crippen molar-refractivity contribution < 1.29 is 0 Å². The number of hydrogen-bond donors (Lipinski definition) is 0. The zero-order chi connectivity index (χ0) is 19.5. The van der Waals surface area contributed by atoms with Crippen LogP contribution in [0.4, 0.5) is 0 Å². The Labute approximate surface area is 192 Å². The molecule has 0 N–H and O–H groups in total. The molecule has 0 saturated carbocycles. The van der Waals surface area contributed by atoms with Gasteiger partial charge >= 0.3 is 0 Å². The summed E-state index contributed by atoms with van der Waals surface area (Å²) in [6, 6.07) is 14.2. The van der Waals surface area contributed by atoms with Crippen molar-refractivity contribution in [2.75, 3.05) is 18.8 Å². The lowest BCUT2D eigenvalue weighted by atomic mass is 9.99. The van der Waals surface area contributed by atoms with E-state index in [1.807, 2.05) is 31.3 Å². The summed E-state index contributed by atoms with van der Waals surface area (Å²) < 4.78 is 2.07. The van der Waals surface area contributed by atoms with Gasteiger partial charge in [-0.25, -0.2) is 0 Å². The molecule has 0 bridgehead atoms. The number of nitrogens with zero attached hydrogens (tertiary/aromatic N) is 4. The highest BCUT2D eigenvalue weighted by molar-refractivity contribution is 7.99. The molecule has 2 aromatic carbocycles. The summed E-state index contributed by atoms with van der Waals surface area (Å²) in [4.78, 5) is 2.46. The van der Waals surface area contributed by atoms with Crippen LogP contribution < -0.4 is 0 Å². The molecule has 0 aliphatic carbocycles. The zero-order valence-corrected chi connectivity index (χ0v) is 19.3. The van der Waals surface area contributed by atoms with Crippen molar-refractivity contribution >= 4 is 47.4 Å². The van der Waals surface area contributed by atoms with E-state index < -0.39 is 0 Å². The average molecular weight is 470 g/mol. The SMILES string of the molecule is Cl.Cn1c(SCCCN2CCc3ccc(Cl)c(Cl)c3C2)nnc1-c1ccccc1. The van der Waals surface area contributed by atoms with Crippen LogP contribution >= 0.6 is 47.4 Å². The number of halogens is 3. The quantitative estimate of drug-likeness (QED) is 0.340. The molecule has 3 aromatic rings. The van der Waals surface area contributed by atoms with Gasteiger partial charge in [0.2, 0.25) is 0 Å². The van der Waals surface area contributed by atoms with Crippen LogP contribution in [0.3, 0.4) is 0 Å². The molecule has 0 radical (unpaired) electrons. The maximum absolute atomic E-state index is 6.41. The first-order chi connectivity index (χ1) is 13.6. The second-order valence-electron chi connectivity index (χ2n) is 6.96. The lowest BCUT2D eigenvalue weighted by Crippen LogP contribution is -2.31. The highest BCUT2D eigenvalue weighted by Gasteiger charge is 2.20. The van der Waals surface area contributed by atoms with E-state index in [9.17, 15) is 0 Å². The molecule has 4 rings (SSSR count). The number of thioether (sulfide) groups is 1. The maximum Gasteiger partial charge on any atom is 0.191 e. The smallest absolute Gasteiger partial charge is 0.191 e. The van der Waals surface area contributed by atoms with E-state index in [2.05, 4.69) is 37.9 Å². The van der Waals surface area contributed by atoms with Gasteiger partial charge in [-0.05, 0) is 36.6 Å². The lowest BCUT2D eigenvalue weighted by Gasteiger charge is -2.29. The third-order valence-electron chi connectivity index (χ3n) is 5.09. The predicted octanol–water partition coefficient (Wildman–Crippen LogP) is 5.75. The van der Waals surface area contributed by atoms with E-state index in [4.69, 9.17) is 23.2 Å². The van der Waals surface area contributed by atoms with Gasteiger partial charge in [0, 0.05) is 31.5 Å². The number of aromatic nitrogens is 3. The average Bonchev–Trinajstić information content (AvgIpc) is 3.09. The summed E-state index contributed by atoms with van der Waals surface area (Å²) in [5.74, 6) is 1.91. The second kappa shape index (κ2) is 10.2. The summed E-state index contributed by atoms with van der Waals surface area (Å²) in [6.45, 7) is 2.98. The van der Waals surface area contributed by atoms with E-state index >= 15 is 0 Å². The minimum absolute atomic E-state index is 0. The Hall–Kier alpha value is -1.24. The van der Waals surface area contributed by atoms with Gasteiger partial charge in [0.05, 0.1) is 10.0 Å². The van der Waals surface area contributed by atoms with E-state index in [1.54, 1.807) is 11.8 Å². The van der Waals surface area contributed by atoms with Crippen LogP contribution in [0.15, 0.2) is 47.6 Å². The Balaban J connectivity index is 0.00000240. The standard InChI is InChI=1S/C21H22Cl2N4S.ClH/c1-26-20(16-6-3-2-4-7-16)24-25-21(26)28-13-5-11-27-12-10-15-8-9-18(22)19(23)17(15)14-27;/h2-4,6-9H,5,10-14H2,1H3;1H. The highest BCUT2D eigenvalue weighted by Crippen LogP contribution is 2.32. The second-order valence-corrected chi connectivity index (χ2v) is 8.81. The van der Waals surface area contributed by atoms with Crippen LogP contribution in [0.5, 0.6) is 0 Å². The molecule has 154 valence electrons. The van der Waals surface area contributed by atoms with Crippen molar-refractivity contribution in [3.8, 4) is 11.4 Å². The minimum Gasteiger partial charge on any atom is -0.305 e. The molecular formula is C21H23Cl3N4S. The van der Waals surface area contributed by atoms with E-state index in [-0.39, 0.29) is 12.4 Å². The summed E-state index contributed by atoms with van der Waals surface area (Å²) in [5, 5.41) is 11.0. The molecule has 0 saturated heterocycles. The van der Waals surface area contributed by atoms with Crippen LogP contribution in [-0.2, 0) is 20.0 Å². The predicted molar refractivity (Wildman–Crippen MR) is 124 cm³/mol. The molecule has 1 aliphatic heterocycles. The van der Waals surface area contributed by atoms with Crippen molar-refractivity contribution in [2.24, 2.45) is 7.05 Å². The molecule has 1 aromatic heterocycles. The molecule has 8 heteroatoms. The van der Waals surface area contributed by atoms with Crippen LogP contribution in [0, 0.1) is 0 Å². The molecular weight excluding hydrogens is 447 g/mol. The van der Waals surface area contributed by atoms with Gasteiger partial charge < -0.3 is 4.57 Å². The minimum atomic E-state index is 0. The van der Waals surface area contributed by atoms with E-state index in [1.165, 1.54) is 11.1 Å². The fourth-order valence-electron chi connectivity index (χ4n) is 3.54. The molecule has 0 unspecified atom stereocenters. The zero-order valence-electron chi connectivity index (χ0n) is 16.1. The van der Waals surface area contributed by atoms with Crippen LogP contribution in [-0.4, -0.2) is 38.5 Å². The van der Waals surface area contributed by atoms with Crippen molar-refractivity contribution in [1.82, 2.24) is 19.7 Å². The monoisotopic (exact) mass is 468 g/mol. The molecule has 0 fully saturated rings. The number of benzene rings is 2. The molecule has 2 heterocycles. The van der Waals surface area contributed by atoms with Gasteiger partial charge in [-0.15, -0.1) is 22.6 Å².